The molecule has 0 saturated carbocycles. The van der Waals surface area contributed by atoms with Crippen LogP contribution >= 0.6 is 0 Å². The molecule has 0 saturated heterocycles. The third-order valence-electron chi connectivity index (χ3n) is 8.95. The highest BCUT2D eigenvalue weighted by molar-refractivity contribution is 6.12. The van der Waals surface area contributed by atoms with Crippen LogP contribution in [0.2, 0.25) is 0 Å². The van der Waals surface area contributed by atoms with E-state index in [1.54, 1.807) is 30.3 Å². The van der Waals surface area contributed by atoms with Gasteiger partial charge in [0.15, 0.2) is 0 Å². The largest absolute Gasteiger partial charge is 0.309 e. The van der Waals surface area contributed by atoms with Gasteiger partial charge in [-0.25, -0.2) is 0 Å². The van der Waals surface area contributed by atoms with Gasteiger partial charge in [0.2, 0.25) is 0 Å². The van der Waals surface area contributed by atoms with Crippen molar-refractivity contribution in [2.45, 2.75) is 0 Å². The fourth-order valence-corrected chi connectivity index (χ4v) is 6.67. The van der Waals surface area contributed by atoms with Crippen LogP contribution in [0.4, 0.5) is 0 Å². The van der Waals surface area contributed by atoms with Crippen LogP contribution in [0.25, 0.3) is 88.4 Å². The molecule has 2 heterocycles. The summed E-state index contributed by atoms with van der Waals surface area (Å²) in [7, 11) is 0. The normalized spacial score (nSPS) is 16.4. The van der Waals surface area contributed by atoms with Crippen LogP contribution in [-0.4, -0.2) is 9.13 Å². The Balaban J connectivity index is 1.17. The molecule has 0 amide bonds. The van der Waals surface area contributed by atoms with Crippen molar-refractivity contribution in [1.29, 1.82) is 0 Å². The molecule has 0 spiro atoms. The molecule has 0 atom stereocenters. The van der Waals surface area contributed by atoms with Gasteiger partial charge < -0.3 is 9.13 Å². The van der Waals surface area contributed by atoms with Gasteiger partial charge in [-0.2, -0.15) is 0 Å². The van der Waals surface area contributed by atoms with Gasteiger partial charge in [-0.1, -0.05) is 133 Å². The first-order valence-electron chi connectivity index (χ1n) is 24.3. The second-order valence-electron chi connectivity index (χ2n) is 11.7. The van der Waals surface area contributed by atoms with E-state index in [2.05, 4.69) is 0 Å². The van der Waals surface area contributed by atoms with Gasteiger partial charge in [0.1, 0.15) is 0 Å². The molecule has 0 aliphatic heterocycles. The van der Waals surface area contributed by atoms with Gasteiger partial charge >= 0.3 is 0 Å². The lowest BCUT2D eigenvalue weighted by Gasteiger charge is -2.11. The number of hydrogen-bond acceptors (Lipinski definition) is 0. The molecular formula is C48H32N2. The third-order valence-corrected chi connectivity index (χ3v) is 8.95. The second-order valence-corrected chi connectivity index (χ2v) is 11.7. The second kappa shape index (κ2) is 11.5. The number of rotatable bonds is 5. The van der Waals surface area contributed by atoms with Crippen LogP contribution < -0.4 is 0 Å². The van der Waals surface area contributed by atoms with E-state index in [1.165, 1.54) is 28.8 Å². The van der Waals surface area contributed by atoms with E-state index in [0.717, 1.165) is 21.8 Å². The minimum absolute atomic E-state index is 0.0129. The molecule has 0 N–H and O–H groups in total. The Morgan fingerprint density at radius 1 is 0.320 bits per heavy atom. The number of para-hydroxylation sites is 2. The van der Waals surface area contributed by atoms with Crippen molar-refractivity contribution in [2.24, 2.45) is 0 Å². The SMILES string of the molecule is [2H]c1c([2H])c([2H])c(-c2ccc(-n3c4ccccc4c4cc(-c5c([2H])c([2H])c6c(c5[2H])c5c([2H])c([2H])c([2H])c([2H])c5n6-c5ccc(-c6c([2H])c([2H])c([2H])c([2H])c6[2H])cc5)ccc43)cc2)c([2H])c1[2H]. The Labute approximate surface area is 314 Å². The van der Waals surface area contributed by atoms with Crippen molar-refractivity contribution in [1.82, 2.24) is 9.13 Å². The molecule has 2 aromatic heterocycles. The zero-order valence-electron chi connectivity index (χ0n) is 43.1. The maximum Gasteiger partial charge on any atom is 0.0645 e. The highest BCUT2D eigenvalue weighted by atomic mass is 15.0. The Kier molecular flexibility index (Phi) is 3.72. The number of benzene rings is 8. The molecule has 10 rings (SSSR count). The van der Waals surface area contributed by atoms with Crippen LogP contribution in [0.15, 0.2) is 194 Å². The Hall–Kier alpha value is -6.64. The highest BCUT2D eigenvalue weighted by Gasteiger charge is 2.16. The predicted molar refractivity (Wildman–Crippen MR) is 211 cm³/mol. The number of aromatic nitrogens is 2. The van der Waals surface area contributed by atoms with Crippen molar-refractivity contribution in [3.8, 4) is 44.8 Å². The standard InChI is InChI=1S/C48H32N2/c1-3-11-33(12-4-1)35-19-25-39(26-20-35)49-45-17-9-7-15-41(45)43-31-37(23-29-47(43)49)38-24-30-48-44(32-38)42-16-8-10-18-46(42)50(48)40-27-21-36(22-28-40)34-13-5-2-6-14-34/h1-32H/i1D,2D,3D,4D,5D,6D,7D,9D,11D,12D,13D,14D,15D,17D,23D,29D,31D. The average molecular weight is 654 g/mol. The first kappa shape index (κ1) is 16.2. The lowest BCUT2D eigenvalue weighted by atomic mass is 10.0. The summed E-state index contributed by atoms with van der Waals surface area (Å²) in [5.74, 6) is 0. The summed E-state index contributed by atoms with van der Waals surface area (Å²) >= 11 is 0. The maximum atomic E-state index is 9.76. The molecule has 0 unspecified atom stereocenters. The van der Waals surface area contributed by atoms with E-state index in [-0.39, 0.29) is 80.0 Å². The summed E-state index contributed by atoms with van der Waals surface area (Å²) < 4.78 is 150. The van der Waals surface area contributed by atoms with Gasteiger partial charge in [-0.3, -0.25) is 0 Å². The predicted octanol–water partition coefficient (Wildman–Crippen LogP) is 12.9. The van der Waals surface area contributed by atoms with E-state index in [1.807, 2.05) is 41.0 Å². The summed E-state index contributed by atoms with van der Waals surface area (Å²) in [6.45, 7) is 0. The molecule has 10 aromatic rings. The molecule has 0 bridgehead atoms. The fraction of sp³-hybridized carbons (Fsp3) is 0. The zero-order valence-corrected chi connectivity index (χ0v) is 26.1. The summed E-state index contributed by atoms with van der Waals surface area (Å²) in [4.78, 5) is 0. The first-order valence-corrected chi connectivity index (χ1v) is 15.8. The average Bonchev–Trinajstić information content (AvgIpc) is 3.87. The molecule has 2 nitrogen and oxygen atoms in total. The third kappa shape index (κ3) is 4.57. The van der Waals surface area contributed by atoms with Crippen molar-refractivity contribution >= 4 is 43.6 Å². The molecule has 234 valence electrons. The minimum Gasteiger partial charge on any atom is -0.309 e. The van der Waals surface area contributed by atoms with Crippen LogP contribution in [0.5, 0.6) is 0 Å². The van der Waals surface area contributed by atoms with Crippen LogP contribution in [-0.2, 0) is 0 Å². The van der Waals surface area contributed by atoms with E-state index in [9.17, 15) is 4.11 Å². The van der Waals surface area contributed by atoms with Gasteiger partial charge in [-0.15, -0.1) is 0 Å². The van der Waals surface area contributed by atoms with Crippen molar-refractivity contribution in [3.63, 3.8) is 0 Å². The highest BCUT2D eigenvalue weighted by Crippen LogP contribution is 2.38. The smallest absolute Gasteiger partial charge is 0.0645 e. The molecule has 50 heavy (non-hydrogen) atoms. The first-order chi connectivity index (χ1) is 31.9. The molecule has 0 radical (unpaired) electrons. The monoisotopic (exact) mass is 653 g/mol. The number of fused-ring (bicyclic) bond motifs is 6. The van der Waals surface area contributed by atoms with E-state index in [0.29, 0.717) is 16.8 Å². The molecule has 2 heteroatoms. The fourth-order valence-electron chi connectivity index (χ4n) is 6.67. The topological polar surface area (TPSA) is 9.86 Å². The minimum atomic E-state index is -0.550. The number of nitrogens with zero attached hydrogens (tertiary/aromatic N) is 2. The van der Waals surface area contributed by atoms with Crippen LogP contribution in [0.1, 0.15) is 23.3 Å². The van der Waals surface area contributed by atoms with Crippen molar-refractivity contribution < 1.29 is 23.3 Å². The Morgan fingerprint density at radius 3 is 1.54 bits per heavy atom. The molecule has 0 fully saturated rings. The summed E-state index contributed by atoms with van der Waals surface area (Å²) in [6, 6.07) is 18.8. The summed E-state index contributed by atoms with van der Waals surface area (Å²) in [6.07, 6.45) is 0. The molecule has 0 aliphatic rings. The Morgan fingerprint density at radius 2 is 0.860 bits per heavy atom. The van der Waals surface area contributed by atoms with E-state index >= 15 is 0 Å². The quantitative estimate of drug-likeness (QED) is 0.175. The van der Waals surface area contributed by atoms with Gasteiger partial charge in [0.05, 0.1) is 45.4 Å². The number of hydrogen-bond donors (Lipinski definition) is 0. The van der Waals surface area contributed by atoms with E-state index < -0.39 is 72.5 Å². The molecule has 0 aliphatic carbocycles. The van der Waals surface area contributed by atoms with Crippen molar-refractivity contribution in [3.05, 3.63) is 194 Å². The maximum absolute atomic E-state index is 9.76. The van der Waals surface area contributed by atoms with Crippen LogP contribution in [0, 0.1) is 0 Å². The van der Waals surface area contributed by atoms with E-state index in [4.69, 9.17) is 19.2 Å². The van der Waals surface area contributed by atoms with Gasteiger partial charge in [-0.05, 0) is 94.0 Å². The lowest BCUT2D eigenvalue weighted by molar-refractivity contribution is 1.18. The molecule has 8 aromatic carbocycles. The zero-order chi connectivity index (χ0) is 47.8. The van der Waals surface area contributed by atoms with Gasteiger partial charge in [0, 0.05) is 32.9 Å². The van der Waals surface area contributed by atoms with Gasteiger partial charge in [0.25, 0.3) is 0 Å². The molecular weight excluding hydrogens is 605 g/mol. The van der Waals surface area contributed by atoms with Crippen LogP contribution in [0.3, 0.4) is 0 Å². The summed E-state index contributed by atoms with van der Waals surface area (Å²) in [5.41, 5.74) is 3.69. The lowest BCUT2D eigenvalue weighted by Crippen LogP contribution is -1.94. The van der Waals surface area contributed by atoms with Crippen molar-refractivity contribution in [2.75, 3.05) is 0 Å². The summed E-state index contributed by atoms with van der Waals surface area (Å²) in [5, 5.41) is 1.54. The Bertz CT molecular complexity index is 3760.